The van der Waals surface area contributed by atoms with Crippen LogP contribution in [0.1, 0.15) is 438 Å². The van der Waals surface area contributed by atoms with E-state index in [1.807, 2.05) is 0 Å². The summed E-state index contributed by atoms with van der Waals surface area (Å²) in [5, 5.41) is 23.3. The Balaban J connectivity index is 3.28. The fraction of sp³-hybridized carbons (Fsp3) is 0.973. The van der Waals surface area contributed by atoms with E-state index in [4.69, 9.17) is 4.74 Å². The van der Waals surface area contributed by atoms with Crippen molar-refractivity contribution in [1.29, 1.82) is 0 Å². The molecule has 3 N–H and O–H groups in total. The van der Waals surface area contributed by atoms with E-state index in [2.05, 4.69) is 19.2 Å². The summed E-state index contributed by atoms with van der Waals surface area (Å²) in [4.78, 5) is 24.6. The lowest BCUT2D eigenvalue weighted by atomic mass is 10.0. The van der Waals surface area contributed by atoms with E-state index in [0.29, 0.717) is 25.9 Å². The van der Waals surface area contributed by atoms with Crippen molar-refractivity contribution < 1.29 is 24.5 Å². The molecule has 0 aromatic heterocycles. The standard InChI is InChI=1S/C74H147NO5/c1-3-5-7-9-11-13-15-17-19-40-44-48-52-56-60-64-68-74(79)80-69-65-61-57-53-49-45-41-38-36-34-32-30-28-26-24-22-20-21-23-25-27-29-31-33-35-37-39-43-47-51-55-59-63-67-73(78)75-71(70-76)72(77)66-62-58-54-50-46-42-18-16-14-12-10-8-6-4-2/h71-72,76-77H,3-70H2,1-2H3,(H,75,78). The summed E-state index contributed by atoms with van der Waals surface area (Å²) in [6.07, 6.45) is 86.1. The Kier molecular flexibility index (Phi) is 69.3. The van der Waals surface area contributed by atoms with E-state index < -0.39 is 12.1 Å². The second kappa shape index (κ2) is 70.3. The minimum Gasteiger partial charge on any atom is -0.466 e. The molecular weight excluding hydrogens is 983 g/mol. The monoisotopic (exact) mass is 1130 g/mol. The highest BCUT2D eigenvalue weighted by molar-refractivity contribution is 5.76. The molecule has 0 bridgehead atoms. The van der Waals surface area contributed by atoms with Gasteiger partial charge in [0.2, 0.25) is 5.91 Å². The van der Waals surface area contributed by atoms with Crippen molar-refractivity contribution >= 4 is 11.9 Å². The molecule has 0 aromatic rings. The fourth-order valence-corrected chi connectivity index (χ4v) is 12.2. The third-order valence-corrected chi connectivity index (χ3v) is 17.9. The first-order valence-electron chi connectivity index (χ1n) is 37.3. The van der Waals surface area contributed by atoms with E-state index in [1.165, 1.54) is 366 Å². The molecule has 478 valence electrons. The van der Waals surface area contributed by atoms with Crippen LogP contribution in [-0.4, -0.2) is 47.4 Å². The topological polar surface area (TPSA) is 95.9 Å². The van der Waals surface area contributed by atoms with E-state index in [0.717, 1.165) is 38.5 Å². The van der Waals surface area contributed by atoms with Gasteiger partial charge in [-0.15, -0.1) is 0 Å². The van der Waals surface area contributed by atoms with Gasteiger partial charge in [-0.25, -0.2) is 0 Å². The third kappa shape index (κ3) is 66.0. The zero-order chi connectivity index (χ0) is 57.8. The molecule has 6 heteroatoms. The molecule has 0 aliphatic heterocycles. The van der Waals surface area contributed by atoms with Crippen molar-refractivity contribution in [2.75, 3.05) is 13.2 Å². The molecule has 80 heavy (non-hydrogen) atoms. The number of carbonyl (C=O) groups is 2. The van der Waals surface area contributed by atoms with Crippen LogP contribution in [0.5, 0.6) is 0 Å². The molecule has 0 aromatic carbocycles. The van der Waals surface area contributed by atoms with Crippen LogP contribution in [0.3, 0.4) is 0 Å². The molecule has 0 aliphatic rings. The van der Waals surface area contributed by atoms with Crippen LogP contribution in [0.2, 0.25) is 0 Å². The Morgan fingerprint density at radius 3 is 0.762 bits per heavy atom. The Labute approximate surface area is 502 Å². The lowest BCUT2D eigenvalue weighted by Gasteiger charge is -2.22. The largest absolute Gasteiger partial charge is 0.466 e. The molecule has 0 spiro atoms. The number of amides is 1. The quantitative estimate of drug-likeness (QED) is 0.0417. The molecule has 0 rings (SSSR count). The molecule has 0 radical (unpaired) electrons. The van der Waals surface area contributed by atoms with Gasteiger partial charge in [0.05, 0.1) is 25.4 Å². The summed E-state index contributed by atoms with van der Waals surface area (Å²) in [5.41, 5.74) is 0. The van der Waals surface area contributed by atoms with Gasteiger partial charge in [0.1, 0.15) is 0 Å². The maximum Gasteiger partial charge on any atom is 0.305 e. The van der Waals surface area contributed by atoms with Gasteiger partial charge in [-0.1, -0.05) is 399 Å². The summed E-state index contributed by atoms with van der Waals surface area (Å²) in [6, 6.07) is -0.536. The number of unbranched alkanes of at least 4 members (excludes halogenated alkanes) is 60. The highest BCUT2D eigenvalue weighted by Crippen LogP contribution is 2.20. The third-order valence-electron chi connectivity index (χ3n) is 17.9. The molecule has 6 nitrogen and oxygen atoms in total. The first kappa shape index (κ1) is 78.9. The smallest absolute Gasteiger partial charge is 0.305 e. The summed E-state index contributed by atoms with van der Waals surface area (Å²) in [7, 11) is 0. The van der Waals surface area contributed by atoms with Crippen molar-refractivity contribution in [3.05, 3.63) is 0 Å². The van der Waals surface area contributed by atoms with Gasteiger partial charge >= 0.3 is 5.97 Å². The number of esters is 1. The second-order valence-electron chi connectivity index (χ2n) is 26.0. The molecule has 0 heterocycles. The minimum absolute atomic E-state index is 0.0264. The average molecular weight is 1130 g/mol. The molecule has 2 atom stereocenters. The molecule has 0 saturated heterocycles. The Morgan fingerprint density at radius 2 is 0.512 bits per heavy atom. The molecule has 0 aliphatic carbocycles. The molecular formula is C74H147NO5. The number of ether oxygens (including phenoxy) is 1. The minimum atomic E-state index is -0.659. The number of hydrogen-bond acceptors (Lipinski definition) is 5. The first-order chi connectivity index (χ1) is 39.5. The summed E-state index contributed by atoms with van der Waals surface area (Å²) in [5.74, 6) is -0.000135. The van der Waals surface area contributed by atoms with Crippen molar-refractivity contribution in [3.63, 3.8) is 0 Å². The Morgan fingerprint density at radius 1 is 0.300 bits per heavy atom. The van der Waals surface area contributed by atoms with Crippen molar-refractivity contribution in [2.45, 2.75) is 450 Å². The van der Waals surface area contributed by atoms with Gasteiger partial charge in [0, 0.05) is 12.8 Å². The number of aliphatic hydroxyl groups is 2. The highest BCUT2D eigenvalue weighted by Gasteiger charge is 2.20. The van der Waals surface area contributed by atoms with Crippen LogP contribution in [0.4, 0.5) is 0 Å². The zero-order valence-electron chi connectivity index (χ0n) is 54.9. The van der Waals surface area contributed by atoms with Crippen LogP contribution in [-0.2, 0) is 14.3 Å². The first-order valence-corrected chi connectivity index (χ1v) is 37.3. The second-order valence-corrected chi connectivity index (χ2v) is 26.0. The number of aliphatic hydroxyl groups excluding tert-OH is 2. The van der Waals surface area contributed by atoms with Gasteiger partial charge in [-0.05, 0) is 25.7 Å². The van der Waals surface area contributed by atoms with Gasteiger partial charge in [0.25, 0.3) is 0 Å². The average Bonchev–Trinajstić information content (AvgIpc) is 3.46. The van der Waals surface area contributed by atoms with Gasteiger partial charge < -0.3 is 20.3 Å². The summed E-state index contributed by atoms with van der Waals surface area (Å²) < 4.78 is 5.51. The highest BCUT2D eigenvalue weighted by atomic mass is 16.5. The van der Waals surface area contributed by atoms with Crippen LogP contribution in [0, 0.1) is 0 Å². The Bertz CT molecular complexity index is 1160. The van der Waals surface area contributed by atoms with Crippen LogP contribution < -0.4 is 5.32 Å². The predicted octanol–water partition coefficient (Wildman–Crippen LogP) is 24.2. The maximum absolute atomic E-state index is 12.5. The zero-order valence-corrected chi connectivity index (χ0v) is 54.9. The summed E-state index contributed by atoms with van der Waals surface area (Å²) in [6.45, 7) is 5.01. The van der Waals surface area contributed by atoms with E-state index in [1.54, 1.807) is 0 Å². The fourth-order valence-electron chi connectivity index (χ4n) is 12.2. The number of rotatable bonds is 71. The lowest BCUT2D eigenvalue weighted by Crippen LogP contribution is -2.45. The molecule has 0 saturated carbocycles. The molecule has 2 unspecified atom stereocenters. The SMILES string of the molecule is CCCCCCCCCCCCCCCCCCC(=O)OCCCCCCCCCCCCCCCCCCCCCCCCCCCCCCCCCCCC(=O)NC(CO)C(O)CCCCCCCCCCCCCCCC. The van der Waals surface area contributed by atoms with Gasteiger partial charge in [0.15, 0.2) is 0 Å². The Hall–Kier alpha value is -1.14. The van der Waals surface area contributed by atoms with E-state index in [-0.39, 0.29) is 18.5 Å². The predicted molar refractivity (Wildman–Crippen MR) is 352 cm³/mol. The van der Waals surface area contributed by atoms with Crippen molar-refractivity contribution in [2.24, 2.45) is 0 Å². The maximum atomic E-state index is 12.5. The van der Waals surface area contributed by atoms with Crippen LogP contribution in [0.15, 0.2) is 0 Å². The van der Waals surface area contributed by atoms with Crippen LogP contribution >= 0.6 is 0 Å². The van der Waals surface area contributed by atoms with E-state index >= 15 is 0 Å². The van der Waals surface area contributed by atoms with E-state index in [9.17, 15) is 19.8 Å². The van der Waals surface area contributed by atoms with Crippen molar-refractivity contribution in [3.8, 4) is 0 Å². The van der Waals surface area contributed by atoms with Gasteiger partial charge in [-0.2, -0.15) is 0 Å². The number of carbonyl (C=O) groups excluding carboxylic acids is 2. The number of hydrogen-bond donors (Lipinski definition) is 3. The van der Waals surface area contributed by atoms with Crippen molar-refractivity contribution in [1.82, 2.24) is 5.32 Å². The van der Waals surface area contributed by atoms with Gasteiger partial charge in [-0.3, -0.25) is 9.59 Å². The molecule has 1 amide bonds. The molecule has 0 fully saturated rings. The van der Waals surface area contributed by atoms with Crippen LogP contribution in [0.25, 0.3) is 0 Å². The number of nitrogens with one attached hydrogen (secondary N) is 1. The summed E-state index contributed by atoms with van der Waals surface area (Å²) >= 11 is 0. The lowest BCUT2D eigenvalue weighted by molar-refractivity contribution is -0.143. The normalized spacial score (nSPS) is 12.4.